The average Bonchev–Trinajstić information content (AvgIpc) is 2.24. The molecule has 1 saturated heterocycles. The van der Waals surface area contributed by atoms with Gasteiger partial charge in [-0.15, -0.1) is 24.8 Å². The van der Waals surface area contributed by atoms with Crippen LogP contribution in [0.25, 0.3) is 0 Å². The van der Waals surface area contributed by atoms with E-state index in [4.69, 9.17) is 10.5 Å². The van der Waals surface area contributed by atoms with Crippen LogP contribution in [-0.4, -0.2) is 54.7 Å². The Labute approximate surface area is 128 Å². The van der Waals surface area contributed by atoms with E-state index in [2.05, 4.69) is 37.9 Å². The van der Waals surface area contributed by atoms with E-state index in [1.807, 2.05) is 0 Å². The van der Waals surface area contributed by atoms with Gasteiger partial charge >= 0.3 is 0 Å². The fourth-order valence-electron chi connectivity index (χ4n) is 2.17. The molecule has 0 bridgehead atoms. The highest BCUT2D eigenvalue weighted by atomic mass is 35.5. The smallest absolute Gasteiger partial charge is 0.233 e. The van der Waals surface area contributed by atoms with Crippen LogP contribution in [0.2, 0.25) is 0 Å². The molecule has 5 nitrogen and oxygen atoms in total. The summed E-state index contributed by atoms with van der Waals surface area (Å²) in [4.78, 5) is 13.6. The molecule has 1 aliphatic heterocycles. The lowest BCUT2D eigenvalue weighted by molar-refractivity contribution is -0.121. The molecule has 1 heterocycles. The van der Waals surface area contributed by atoms with Crippen LogP contribution in [0.3, 0.4) is 0 Å². The van der Waals surface area contributed by atoms with Crippen molar-refractivity contribution < 1.29 is 9.53 Å². The predicted molar refractivity (Wildman–Crippen MR) is 82.2 cm³/mol. The lowest BCUT2D eigenvalue weighted by atomic mass is 10.00. The summed E-state index contributed by atoms with van der Waals surface area (Å²) in [6, 6.07) is 0. The molecule has 2 unspecified atom stereocenters. The number of hydrogen-bond acceptors (Lipinski definition) is 4. The van der Waals surface area contributed by atoms with Gasteiger partial charge in [0.2, 0.25) is 5.91 Å². The highest BCUT2D eigenvalue weighted by molar-refractivity contribution is 5.85. The molecular weight excluding hydrogens is 289 g/mol. The number of carbonyl (C=O) groups is 1. The number of halogens is 2. The van der Waals surface area contributed by atoms with Crippen molar-refractivity contribution in [3.8, 4) is 0 Å². The first-order valence-corrected chi connectivity index (χ1v) is 6.22. The highest BCUT2D eigenvalue weighted by Crippen LogP contribution is 2.20. The van der Waals surface area contributed by atoms with Gasteiger partial charge in [-0.05, 0) is 27.7 Å². The summed E-state index contributed by atoms with van der Waals surface area (Å²) in [6.07, 6.45) is 0.478. The van der Waals surface area contributed by atoms with Crippen LogP contribution < -0.4 is 11.1 Å². The fourth-order valence-corrected chi connectivity index (χ4v) is 2.17. The van der Waals surface area contributed by atoms with E-state index in [1.165, 1.54) is 0 Å². The van der Waals surface area contributed by atoms with Crippen LogP contribution in [0.5, 0.6) is 0 Å². The van der Waals surface area contributed by atoms with E-state index in [-0.39, 0.29) is 55.0 Å². The summed E-state index contributed by atoms with van der Waals surface area (Å²) < 4.78 is 5.71. The number of rotatable bonds is 4. The van der Waals surface area contributed by atoms with E-state index in [9.17, 15) is 4.79 Å². The van der Waals surface area contributed by atoms with Crippen molar-refractivity contribution in [3.63, 3.8) is 0 Å². The van der Waals surface area contributed by atoms with Crippen molar-refractivity contribution in [3.05, 3.63) is 0 Å². The molecule has 1 rings (SSSR count). The van der Waals surface area contributed by atoms with Crippen molar-refractivity contribution >= 4 is 30.7 Å². The number of nitrogens with one attached hydrogen (secondary N) is 1. The van der Waals surface area contributed by atoms with Crippen LogP contribution >= 0.6 is 24.8 Å². The van der Waals surface area contributed by atoms with Crippen LogP contribution in [0.15, 0.2) is 0 Å². The van der Waals surface area contributed by atoms with Gasteiger partial charge in [-0.3, -0.25) is 9.69 Å². The Hall–Kier alpha value is -0.0700. The molecule has 3 N–H and O–H groups in total. The molecule has 116 valence electrons. The summed E-state index contributed by atoms with van der Waals surface area (Å²) >= 11 is 0. The molecule has 0 aliphatic carbocycles. The molecule has 0 aromatic rings. The third kappa shape index (κ3) is 6.77. The van der Waals surface area contributed by atoms with Gasteiger partial charge in [0, 0.05) is 25.2 Å². The lowest BCUT2D eigenvalue weighted by Gasteiger charge is -2.45. The molecule has 0 aromatic heterocycles. The number of carbonyl (C=O) groups excluding carboxylic acids is 1. The minimum absolute atomic E-state index is 0. The van der Waals surface area contributed by atoms with Crippen molar-refractivity contribution in [1.82, 2.24) is 10.2 Å². The summed E-state index contributed by atoms with van der Waals surface area (Å²) in [7, 11) is 0. The Morgan fingerprint density at radius 1 is 1.32 bits per heavy atom. The number of morpholine rings is 1. The van der Waals surface area contributed by atoms with Crippen molar-refractivity contribution in [2.45, 2.75) is 45.4 Å². The first-order chi connectivity index (χ1) is 7.85. The second-order valence-electron chi connectivity index (χ2n) is 5.46. The molecule has 19 heavy (non-hydrogen) atoms. The minimum Gasteiger partial charge on any atom is -0.373 e. The Balaban J connectivity index is 0. The third-order valence-corrected chi connectivity index (χ3v) is 3.18. The molecule has 1 amide bonds. The number of amides is 1. The second kappa shape index (κ2) is 8.97. The molecule has 0 saturated carbocycles. The molecule has 1 fully saturated rings. The number of nitrogens with zero attached hydrogens (tertiary/aromatic N) is 1. The van der Waals surface area contributed by atoms with Gasteiger partial charge in [-0.25, -0.2) is 0 Å². The third-order valence-electron chi connectivity index (χ3n) is 3.18. The van der Waals surface area contributed by atoms with Gasteiger partial charge in [-0.1, -0.05) is 0 Å². The number of hydrogen-bond donors (Lipinski definition) is 2. The van der Waals surface area contributed by atoms with E-state index < -0.39 is 0 Å². The van der Waals surface area contributed by atoms with Gasteiger partial charge < -0.3 is 15.8 Å². The van der Waals surface area contributed by atoms with Crippen LogP contribution in [0.1, 0.15) is 27.7 Å². The predicted octanol–water partition coefficient (Wildman–Crippen LogP) is 0.793. The van der Waals surface area contributed by atoms with Crippen molar-refractivity contribution in [2.75, 3.05) is 26.2 Å². The SMILES string of the molecule is CC1CN(C(C)(C)CNC(=O)CN)CC(C)O1.Cl.Cl. The van der Waals surface area contributed by atoms with Crippen molar-refractivity contribution in [1.29, 1.82) is 0 Å². The van der Waals surface area contributed by atoms with Gasteiger partial charge in [0.25, 0.3) is 0 Å². The summed E-state index contributed by atoms with van der Waals surface area (Å²) in [5.41, 5.74) is 5.21. The van der Waals surface area contributed by atoms with E-state index in [1.54, 1.807) is 0 Å². The molecule has 0 spiro atoms. The summed E-state index contributed by atoms with van der Waals surface area (Å²) in [6.45, 7) is 10.9. The van der Waals surface area contributed by atoms with E-state index >= 15 is 0 Å². The maximum absolute atomic E-state index is 11.2. The molecule has 0 radical (unpaired) electrons. The van der Waals surface area contributed by atoms with Crippen molar-refractivity contribution in [2.24, 2.45) is 5.73 Å². The van der Waals surface area contributed by atoms with Gasteiger partial charge in [0.15, 0.2) is 0 Å². The largest absolute Gasteiger partial charge is 0.373 e. The molecule has 2 atom stereocenters. The zero-order valence-corrected chi connectivity index (χ0v) is 13.8. The Morgan fingerprint density at radius 2 is 1.79 bits per heavy atom. The summed E-state index contributed by atoms with van der Waals surface area (Å²) in [5.74, 6) is -0.104. The Kier molecular flexibility index (Phi) is 10.0. The van der Waals surface area contributed by atoms with Gasteiger partial charge in [0.05, 0.1) is 18.8 Å². The van der Waals surface area contributed by atoms with Crippen LogP contribution in [-0.2, 0) is 9.53 Å². The van der Waals surface area contributed by atoms with E-state index in [0.717, 1.165) is 13.1 Å². The quantitative estimate of drug-likeness (QED) is 0.805. The molecule has 7 heteroatoms. The zero-order chi connectivity index (χ0) is 13.1. The standard InChI is InChI=1S/C12H25N3O2.2ClH/c1-9-6-15(7-10(2)17-9)12(3,4)8-14-11(16)5-13;;/h9-10H,5-8,13H2,1-4H3,(H,14,16);2*1H. The van der Waals surface area contributed by atoms with E-state index in [0.29, 0.717) is 6.54 Å². The highest BCUT2D eigenvalue weighted by Gasteiger charge is 2.33. The maximum Gasteiger partial charge on any atom is 0.233 e. The van der Waals surface area contributed by atoms with Crippen LogP contribution in [0, 0.1) is 0 Å². The molecular formula is C12H27Cl2N3O2. The average molecular weight is 316 g/mol. The monoisotopic (exact) mass is 315 g/mol. The maximum atomic E-state index is 11.2. The molecule has 1 aliphatic rings. The Bertz CT molecular complexity index is 268. The minimum atomic E-state index is -0.104. The topological polar surface area (TPSA) is 67.6 Å². The van der Waals surface area contributed by atoms with Crippen LogP contribution in [0.4, 0.5) is 0 Å². The number of nitrogens with two attached hydrogens (primary N) is 1. The first-order valence-electron chi connectivity index (χ1n) is 6.22. The lowest BCUT2D eigenvalue weighted by Crippen LogP contribution is -2.59. The zero-order valence-electron chi connectivity index (χ0n) is 12.1. The normalized spacial score (nSPS) is 24.1. The first kappa shape index (κ1) is 21.2. The molecule has 0 aromatic carbocycles. The Morgan fingerprint density at radius 3 is 2.21 bits per heavy atom. The second-order valence-corrected chi connectivity index (χ2v) is 5.46. The summed E-state index contributed by atoms with van der Waals surface area (Å²) in [5, 5.41) is 2.85. The van der Waals surface area contributed by atoms with Gasteiger partial charge in [-0.2, -0.15) is 0 Å². The number of ether oxygens (including phenoxy) is 1. The fraction of sp³-hybridized carbons (Fsp3) is 0.917. The van der Waals surface area contributed by atoms with Gasteiger partial charge in [0.1, 0.15) is 0 Å².